The van der Waals surface area contributed by atoms with Gasteiger partial charge in [0, 0.05) is 0 Å². The fraction of sp³-hybridized carbons (Fsp3) is 0.0769. The van der Waals surface area contributed by atoms with Crippen LogP contribution >= 0.6 is 0 Å². The third-order valence-corrected chi connectivity index (χ3v) is 5.64. The van der Waals surface area contributed by atoms with Gasteiger partial charge in [-0.1, -0.05) is 78.9 Å². The van der Waals surface area contributed by atoms with E-state index >= 15 is 0 Å². The number of benzene rings is 5. The highest BCUT2D eigenvalue weighted by Gasteiger charge is 2.12. The van der Waals surface area contributed by atoms with E-state index in [0.29, 0.717) is 0 Å². The van der Waals surface area contributed by atoms with Gasteiger partial charge in [-0.3, -0.25) is 0 Å². The van der Waals surface area contributed by atoms with Crippen molar-refractivity contribution in [1.29, 1.82) is 0 Å². The monoisotopic (exact) mass is 332 g/mol. The standard InChI is InChI=1S/C26H20/c1-17-22-10-5-6-11-23(22)18(2)26-24(17)12-7-13-25(26)21-15-14-19-8-3-4-9-20(19)16-21/h3-16H,1-2H3. The van der Waals surface area contributed by atoms with E-state index in [0.717, 1.165) is 0 Å². The fourth-order valence-corrected chi connectivity index (χ4v) is 4.28. The number of hydrogen-bond donors (Lipinski definition) is 0. The molecular weight excluding hydrogens is 312 g/mol. The van der Waals surface area contributed by atoms with Crippen molar-refractivity contribution in [2.75, 3.05) is 0 Å². The molecule has 5 rings (SSSR count). The summed E-state index contributed by atoms with van der Waals surface area (Å²) in [5, 5.41) is 8.01. The van der Waals surface area contributed by atoms with Gasteiger partial charge >= 0.3 is 0 Å². The first-order valence-corrected chi connectivity index (χ1v) is 9.14. The van der Waals surface area contributed by atoms with E-state index in [9.17, 15) is 0 Å². The average molecular weight is 332 g/mol. The molecule has 0 radical (unpaired) electrons. The molecule has 5 aromatic rings. The normalized spacial score (nSPS) is 11.5. The Labute approximate surface area is 153 Å². The van der Waals surface area contributed by atoms with Gasteiger partial charge in [0.2, 0.25) is 0 Å². The molecule has 0 spiro atoms. The Balaban J connectivity index is 1.91. The Kier molecular flexibility index (Phi) is 3.33. The van der Waals surface area contributed by atoms with Gasteiger partial charge in [-0.15, -0.1) is 0 Å². The van der Waals surface area contributed by atoms with Crippen LogP contribution in [0.3, 0.4) is 0 Å². The quantitative estimate of drug-likeness (QED) is 0.280. The van der Waals surface area contributed by atoms with Crippen LogP contribution in [0.4, 0.5) is 0 Å². The van der Waals surface area contributed by atoms with E-state index in [1.807, 2.05) is 0 Å². The van der Waals surface area contributed by atoms with Gasteiger partial charge in [-0.05, 0) is 74.5 Å². The van der Waals surface area contributed by atoms with E-state index in [1.54, 1.807) is 0 Å². The molecule has 0 fully saturated rings. The lowest BCUT2D eigenvalue weighted by atomic mass is 9.88. The SMILES string of the molecule is Cc1c2ccccc2c(C)c2c(-c3ccc4ccccc4c3)cccc12. The Hall–Kier alpha value is -3.12. The van der Waals surface area contributed by atoms with Gasteiger partial charge in [-0.2, -0.15) is 0 Å². The Morgan fingerprint density at radius 2 is 1.15 bits per heavy atom. The van der Waals surface area contributed by atoms with E-state index in [4.69, 9.17) is 0 Å². The van der Waals surface area contributed by atoms with Crippen LogP contribution < -0.4 is 0 Å². The largest absolute Gasteiger partial charge is 0.0616 e. The highest BCUT2D eigenvalue weighted by Crippen LogP contribution is 2.38. The molecule has 26 heavy (non-hydrogen) atoms. The summed E-state index contributed by atoms with van der Waals surface area (Å²) in [5.74, 6) is 0. The van der Waals surface area contributed by atoms with Crippen molar-refractivity contribution >= 4 is 32.3 Å². The first-order chi connectivity index (χ1) is 12.7. The van der Waals surface area contributed by atoms with Crippen LogP contribution in [0.1, 0.15) is 11.1 Å². The van der Waals surface area contributed by atoms with Gasteiger partial charge < -0.3 is 0 Å². The number of fused-ring (bicyclic) bond motifs is 3. The third-order valence-electron chi connectivity index (χ3n) is 5.64. The Morgan fingerprint density at radius 3 is 1.96 bits per heavy atom. The van der Waals surface area contributed by atoms with Crippen molar-refractivity contribution in [2.45, 2.75) is 13.8 Å². The third kappa shape index (κ3) is 2.16. The molecule has 0 N–H and O–H groups in total. The molecule has 0 atom stereocenters. The van der Waals surface area contributed by atoms with Crippen LogP contribution in [0.25, 0.3) is 43.4 Å². The maximum absolute atomic E-state index is 2.31. The van der Waals surface area contributed by atoms with E-state index in [2.05, 4.69) is 98.8 Å². The van der Waals surface area contributed by atoms with Crippen LogP contribution in [0.5, 0.6) is 0 Å². The van der Waals surface area contributed by atoms with Crippen molar-refractivity contribution in [3.63, 3.8) is 0 Å². The van der Waals surface area contributed by atoms with Crippen molar-refractivity contribution in [3.05, 3.63) is 96.1 Å². The molecule has 0 heterocycles. The van der Waals surface area contributed by atoms with Gasteiger partial charge in [0.25, 0.3) is 0 Å². The highest BCUT2D eigenvalue weighted by molar-refractivity contribution is 6.11. The number of aryl methyl sites for hydroxylation is 2. The van der Waals surface area contributed by atoms with Crippen LogP contribution in [0.2, 0.25) is 0 Å². The minimum atomic E-state index is 1.28. The van der Waals surface area contributed by atoms with Gasteiger partial charge in [0.1, 0.15) is 0 Å². The highest BCUT2D eigenvalue weighted by atomic mass is 14.2. The first-order valence-electron chi connectivity index (χ1n) is 9.14. The van der Waals surface area contributed by atoms with Crippen LogP contribution in [-0.4, -0.2) is 0 Å². The molecular formula is C26H20. The Bertz CT molecular complexity index is 1290. The molecule has 0 saturated carbocycles. The van der Waals surface area contributed by atoms with Crippen molar-refractivity contribution < 1.29 is 0 Å². The summed E-state index contributed by atoms with van der Waals surface area (Å²) in [6.45, 7) is 4.50. The average Bonchev–Trinajstić information content (AvgIpc) is 2.71. The fourth-order valence-electron chi connectivity index (χ4n) is 4.28. The summed E-state index contributed by atoms with van der Waals surface area (Å²) in [7, 11) is 0. The van der Waals surface area contributed by atoms with Gasteiger partial charge in [0.05, 0.1) is 0 Å². The molecule has 0 saturated heterocycles. The molecule has 0 aliphatic carbocycles. The van der Waals surface area contributed by atoms with E-state index in [-0.39, 0.29) is 0 Å². The molecule has 0 amide bonds. The molecule has 124 valence electrons. The van der Waals surface area contributed by atoms with Crippen LogP contribution in [0, 0.1) is 13.8 Å². The topological polar surface area (TPSA) is 0 Å². The molecule has 0 aliphatic rings. The molecule has 0 aliphatic heterocycles. The summed E-state index contributed by atoms with van der Waals surface area (Å²) in [4.78, 5) is 0. The Morgan fingerprint density at radius 1 is 0.500 bits per heavy atom. The minimum Gasteiger partial charge on any atom is -0.0616 e. The summed E-state index contributed by atoms with van der Waals surface area (Å²) in [6.07, 6.45) is 0. The molecule has 0 unspecified atom stereocenters. The number of rotatable bonds is 1. The molecule has 0 heteroatoms. The lowest BCUT2D eigenvalue weighted by molar-refractivity contribution is 1.52. The van der Waals surface area contributed by atoms with Gasteiger partial charge in [-0.25, -0.2) is 0 Å². The second-order valence-electron chi connectivity index (χ2n) is 7.09. The van der Waals surface area contributed by atoms with Gasteiger partial charge in [0.15, 0.2) is 0 Å². The van der Waals surface area contributed by atoms with Crippen molar-refractivity contribution in [1.82, 2.24) is 0 Å². The number of hydrogen-bond acceptors (Lipinski definition) is 0. The zero-order valence-corrected chi connectivity index (χ0v) is 15.1. The second-order valence-corrected chi connectivity index (χ2v) is 7.09. The molecule has 0 bridgehead atoms. The molecule has 5 aromatic carbocycles. The summed E-state index contributed by atoms with van der Waals surface area (Å²) >= 11 is 0. The zero-order valence-electron chi connectivity index (χ0n) is 15.1. The first kappa shape index (κ1) is 15.2. The van der Waals surface area contributed by atoms with Crippen LogP contribution in [-0.2, 0) is 0 Å². The molecule has 0 nitrogen and oxygen atoms in total. The predicted octanol–water partition coefficient (Wildman–Crippen LogP) is 7.43. The molecule has 0 aromatic heterocycles. The second kappa shape index (κ2) is 5.71. The van der Waals surface area contributed by atoms with E-state index in [1.165, 1.54) is 54.6 Å². The summed E-state index contributed by atoms with van der Waals surface area (Å²) in [5.41, 5.74) is 5.33. The lowest BCUT2D eigenvalue weighted by Gasteiger charge is -2.16. The zero-order chi connectivity index (χ0) is 17.7. The smallest absolute Gasteiger partial charge is 0.00671 e. The maximum Gasteiger partial charge on any atom is -0.00671 e. The summed E-state index contributed by atoms with van der Waals surface area (Å²) < 4.78 is 0. The van der Waals surface area contributed by atoms with E-state index < -0.39 is 0 Å². The maximum atomic E-state index is 2.31. The van der Waals surface area contributed by atoms with Crippen molar-refractivity contribution in [3.8, 4) is 11.1 Å². The predicted molar refractivity (Wildman–Crippen MR) is 114 cm³/mol. The summed E-state index contributed by atoms with van der Waals surface area (Å²) in [6, 6.07) is 30.8. The lowest BCUT2D eigenvalue weighted by Crippen LogP contribution is -1.91. The minimum absolute atomic E-state index is 1.28. The van der Waals surface area contributed by atoms with Crippen molar-refractivity contribution in [2.24, 2.45) is 0 Å². The van der Waals surface area contributed by atoms with Crippen LogP contribution in [0.15, 0.2) is 84.9 Å².